The molecule has 0 radical (unpaired) electrons. The highest BCUT2D eigenvalue weighted by atomic mass is 28.4. The summed E-state index contributed by atoms with van der Waals surface area (Å²) in [5, 5.41) is 2.55. The summed E-state index contributed by atoms with van der Waals surface area (Å²) in [6, 6.07) is -0.533. The summed E-state index contributed by atoms with van der Waals surface area (Å²) < 4.78 is 11.4. The second kappa shape index (κ2) is 7.67. The Kier molecular flexibility index (Phi) is 7.36. The lowest BCUT2D eigenvalue weighted by Gasteiger charge is -2.26. The summed E-state index contributed by atoms with van der Waals surface area (Å²) in [4.78, 5) is 10.6. The first-order chi connectivity index (χ1) is 7.04. The summed E-state index contributed by atoms with van der Waals surface area (Å²) in [6.45, 7) is 7.33. The van der Waals surface area contributed by atoms with Gasteiger partial charge in [0.2, 0.25) is 0 Å². The van der Waals surface area contributed by atoms with Crippen LogP contribution in [-0.4, -0.2) is 34.0 Å². The number of carbonyl (C=O) groups excluding carboxylic acids is 1. The molecule has 0 rings (SSSR count). The molecule has 0 aromatic heterocycles. The fourth-order valence-corrected chi connectivity index (χ4v) is 3.08. The number of rotatable bonds is 8. The lowest BCUT2D eigenvalue weighted by Crippen LogP contribution is -2.51. The van der Waals surface area contributed by atoms with Crippen LogP contribution in [0.4, 0.5) is 4.79 Å². The fraction of sp³-hybridized carbons (Fsp3) is 0.889. The molecule has 0 spiro atoms. The number of nitrogens with two attached hydrogens (primary N) is 1. The van der Waals surface area contributed by atoms with Gasteiger partial charge in [0, 0.05) is 13.2 Å². The third kappa shape index (κ3) is 7.35. The van der Waals surface area contributed by atoms with Crippen molar-refractivity contribution in [1.29, 1.82) is 0 Å². The summed E-state index contributed by atoms with van der Waals surface area (Å²) in [5.74, 6) is 0. The highest BCUT2D eigenvalue weighted by molar-refractivity contribution is 6.66. The van der Waals surface area contributed by atoms with Crippen LogP contribution in [0.15, 0.2) is 0 Å². The molecule has 0 aliphatic heterocycles. The Hall–Kier alpha value is -0.593. The van der Waals surface area contributed by atoms with E-state index in [1.807, 2.05) is 20.4 Å². The Morgan fingerprint density at radius 2 is 1.73 bits per heavy atom. The molecule has 0 aromatic rings. The van der Waals surface area contributed by atoms with Crippen molar-refractivity contribution >= 4 is 14.6 Å². The summed E-state index contributed by atoms with van der Waals surface area (Å²) >= 11 is 0. The van der Waals surface area contributed by atoms with Crippen molar-refractivity contribution in [3.05, 3.63) is 0 Å². The van der Waals surface area contributed by atoms with Crippen molar-refractivity contribution in [2.75, 3.05) is 19.4 Å². The highest BCUT2D eigenvalue weighted by Crippen LogP contribution is 2.07. The molecule has 0 fully saturated rings. The van der Waals surface area contributed by atoms with Crippen molar-refractivity contribution in [2.24, 2.45) is 5.73 Å². The first-order valence-corrected chi connectivity index (χ1v) is 7.87. The van der Waals surface area contributed by atoms with Crippen LogP contribution in [0, 0.1) is 0 Å². The van der Waals surface area contributed by atoms with E-state index in [1.54, 1.807) is 0 Å². The molecule has 2 amide bonds. The molecule has 0 unspecified atom stereocenters. The van der Waals surface area contributed by atoms with Gasteiger partial charge >= 0.3 is 14.6 Å². The first-order valence-electron chi connectivity index (χ1n) is 5.35. The molecular weight excluding hydrogens is 212 g/mol. The van der Waals surface area contributed by atoms with Crippen LogP contribution < -0.4 is 11.1 Å². The van der Waals surface area contributed by atoms with Crippen LogP contribution in [0.5, 0.6) is 0 Å². The molecule has 0 aliphatic carbocycles. The van der Waals surface area contributed by atoms with Crippen LogP contribution in [0.3, 0.4) is 0 Å². The van der Waals surface area contributed by atoms with Crippen LogP contribution >= 0.6 is 0 Å². The van der Waals surface area contributed by atoms with E-state index in [1.165, 1.54) is 0 Å². The second-order valence-electron chi connectivity index (χ2n) is 3.55. The molecule has 0 aromatic carbocycles. The summed E-state index contributed by atoms with van der Waals surface area (Å²) in [6.07, 6.45) is 2.28. The van der Waals surface area contributed by atoms with Gasteiger partial charge in [0.15, 0.2) is 0 Å². The lowest BCUT2D eigenvalue weighted by atomic mass is 10.5. The Morgan fingerprint density at radius 1 is 1.27 bits per heavy atom. The van der Waals surface area contributed by atoms with Gasteiger partial charge < -0.3 is 19.9 Å². The van der Waals surface area contributed by atoms with Gasteiger partial charge in [-0.05, 0) is 19.4 Å². The highest BCUT2D eigenvalue weighted by Gasteiger charge is 2.31. The Labute approximate surface area is 92.6 Å². The molecule has 3 N–H and O–H groups in total. The third-order valence-corrected chi connectivity index (χ3v) is 4.26. The Bertz CT molecular complexity index is 182. The second-order valence-corrected chi connectivity index (χ2v) is 6.75. The van der Waals surface area contributed by atoms with Gasteiger partial charge in [0.25, 0.3) is 0 Å². The van der Waals surface area contributed by atoms with Crippen molar-refractivity contribution in [3.8, 4) is 0 Å². The number of primary amides is 1. The van der Waals surface area contributed by atoms with E-state index in [2.05, 4.69) is 5.32 Å². The number of carbonyl (C=O) groups is 1. The largest absolute Gasteiger partial charge is 0.393 e. The normalized spacial score (nSPS) is 11.4. The van der Waals surface area contributed by atoms with Crippen LogP contribution in [0.25, 0.3) is 0 Å². The first kappa shape index (κ1) is 14.4. The van der Waals surface area contributed by atoms with Gasteiger partial charge in [-0.25, -0.2) is 4.79 Å². The molecule has 90 valence electrons. The van der Waals surface area contributed by atoms with E-state index in [0.29, 0.717) is 19.4 Å². The smallest absolute Gasteiger partial charge is 0.354 e. The summed E-state index contributed by atoms with van der Waals surface area (Å²) in [5.41, 5.74) is 5.02. The van der Waals surface area contributed by atoms with Crippen LogP contribution in [-0.2, 0) is 8.85 Å². The van der Waals surface area contributed by atoms with E-state index < -0.39 is 14.6 Å². The minimum atomic E-state index is -2.27. The van der Waals surface area contributed by atoms with Crippen LogP contribution in [0.2, 0.25) is 6.55 Å². The number of nitrogens with one attached hydrogen (secondary N) is 1. The van der Waals surface area contributed by atoms with Gasteiger partial charge in [0.05, 0.1) is 6.17 Å². The molecular formula is C9H22N2O3Si. The molecule has 0 heterocycles. The fourth-order valence-electron chi connectivity index (χ4n) is 1.03. The molecule has 0 saturated carbocycles. The molecule has 0 aliphatic rings. The Morgan fingerprint density at radius 3 is 2.07 bits per heavy atom. The van der Waals surface area contributed by atoms with E-state index in [4.69, 9.17) is 14.6 Å². The lowest BCUT2D eigenvalue weighted by molar-refractivity contribution is 0.171. The average molecular weight is 234 g/mol. The minimum Gasteiger partial charge on any atom is -0.393 e. The third-order valence-electron chi connectivity index (χ3n) is 1.81. The zero-order chi connectivity index (χ0) is 11.7. The molecule has 0 bridgehead atoms. The average Bonchev–Trinajstić information content (AvgIpc) is 2.21. The molecule has 15 heavy (non-hydrogen) atoms. The number of urea groups is 1. The van der Waals surface area contributed by atoms with Gasteiger partial charge in [-0.15, -0.1) is 0 Å². The maximum absolute atomic E-state index is 10.6. The van der Waals surface area contributed by atoms with E-state index >= 15 is 0 Å². The number of amides is 2. The van der Waals surface area contributed by atoms with E-state index in [9.17, 15) is 4.79 Å². The molecule has 0 atom stereocenters. The zero-order valence-electron chi connectivity index (χ0n) is 9.84. The number of hydrogen-bond acceptors (Lipinski definition) is 3. The van der Waals surface area contributed by atoms with Crippen molar-refractivity contribution in [3.63, 3.8) is 0 Å². The topological polar surface area (TPSA) is 73.6 Å². The molecule has 5 nitrogen and oxygen atoms in total. The van der Waals surface area contributed by atoms with Gasteiger partial charge in [-0.1, -0.05) is 13.8 Å². The van der Waals surface area contributed by atoms with Crippen LogP contribution in [0.1, 0.15) is 26.7 Å². The van der Waals surface area contributed by atoms with Crippen molar-refractivity contribution < 1.29 is 13.6 Å². The number of hydrogen-bond donors (Lipinski definition) is 2. The van der Waals surface area contributed by atoms with Gasteiger partial charge in [-0.3, -0.25) is 0 Å². The predicted octanol–water partition coefficient (Wildman–Crippen LogP) is 1.12. The minimum absolute atomic E-state index is 0.405. The predicted molar refractivity (Wildman–Crippen MR) is 61.7 cm³/mol. The standard InChI is InChI=1S/C9H22N2O3Si/c1-4-6-13-15(3,14-7-5-2)8-11-9(10)12/h4-8H2,1-3H3,(H3,10,11,12). The zero-order valence-corrected chi connectivity index (χ0v) is 10.8. The SMILES string of the molecule is CCCO[Si](C)(CNC(N)=O)OCCC. The van der Waals surface area contributed by atoms with Gasteiger partial charge in [0.1, 0.15) is 0 Å². The van der Waals surface area contributed by atoms with Crippen molar-refractivity contribution in [2.45, 2.75) is 33.2 Å². The quantitative estimate of drug-likeness (QED) is 0.618. The maximum Gasteiger partial charge on any atom is 0.354 e. The molecule has 6 heteroatoms. The van der Waals surface area contributed by atoms with E-state index in [0.717, 1.165) is 12.8 Å². The maximum atomic E-state index is 10.6. The van der Waals surface area contributed by atoms with Crippen molar-refractivity contribution in [1.82, 2.24) is 5.32 Å². The monoisotopic (exact) mass is 234 g/mol. The summed E-state index contributed by atoms with van der Waals surface area (Å²) in [7, 11) is -2.27. The molecule has 0 saturated heterocycles. The van der Waals surface area contributed by atoms with E-state index in [-0.39, 0.29) is 0 Å². The Balaban J connectivity index is 4.06. The van der Waals surface area contributed by atoms with Gasteiger partial charge in [-0.2, -0.15) is 0 Å².